The predicted octanol–water partition coefficient (Wildman–Crippen LogP) is 1.95. The summed E-state index contributed by atoms with van der Waals surface area (Å²) in [5.41, 5.74) is 10.1. The zero-order valence-electron chi connectivity index (χ0n) is 20.9. The summed E-state index contributed by atoms with van der Waals surface area (Å²) in [7, 11) is 0. The van der Waals surface area contributed by atoms with Gasteiger partial charge in [0.25, 0.3) is 0 Å². The van der Waals surface area contributed by atoms with Crippen molar-refractivity contribution in [2.45, 2.75) is 70.6 Å². The van der Waals surface area contributed by atoms with E-state index in [0.717, 1.165) is 42.7 Å². The van der Waals surface area contributed by atoms with Crippen LogP contribution in [0.25, 0.3) is 22.2 Å². The topological polar surface area (TPSA) is 151 Å². The molecule has 1 saturated heterocycles. The normalized spacial score (nSPS) is 22.5. The standard InChI is InChI=1S/C25H34N8O3/c1-14(2)32(10-5-4-9-18-30-16-8-6-7-15(3)19(16)31-18)11-17-21(34)22(35)25(36-17)33-13-29-20-23(26)27-12-28-24(20)33/h6-8,12-14,17,21-22,25,34-35H,4-5,9-11H2,1-3H3,(H,30,31)(H2,26,27,28)/t17-,21-,22-,25-/m1/s1. The van der Waals surface area contributed by atoms with Crippen molar-refractivity contribution in [3.8, 4) is 0 Å². The van der Waals surface area contributed by atoms with E-state index in [0.29, 0.717) is 17.7 Å². The Morgan fingerprint density at radius 1 is 1.17 bits per heavy atom. The third-order valence-corrected chi connectivity index (χ3v) is 7.03. The van der Waals surface area contributed by atoms with Gasteiger partial charge in [-0.3, -0.25) is 9.47 Å². The van der Waals surface area contributed by atoms with Crippen molar-refractivity contribution in [2.24, 2.45) is 0 Å². The molecular weight excluding hydrogens is 460 g/mol. The summed E-state index contributed by atoms with van der Waals surface area (Å²) in [6.07, 6.45) is 2.19. The summed E-state index contributed by atoms with van der Waals surface area (Å²) >= 11 is 0. The highest BCUT2D eigenvalue weighted by Gasteiger charge is 2.45. The van der Waals surface area contributed by atoms with Gasteiger partial charge in [-0.1, -0.05) is 12.1 Å². The number of nitrogen functional groups attached to an aromatic ring is 1. The van der Waals surface area contributed by atoms with E-state index >= 15 is 0 Å². The zero-order chi connectivity index (χ0) is 25.4. The number of hydrogen-bond donors (Lipinski definition) is 4. The van der Waals surface area contributed by atoms with Gasteiger partial charge in [0.15, 0.2) is 17.7 Å². The van der Waals surface area contributed by atoms with E-state index in [2.05, 4.69) is 51.7 Å². The van der Waals surface area contributed by atoms with E-state index < -0.39 is 24.5 Å². The van der Waals surface area contributed by atoms with Gasteiger partial charge in [0.2, 0.25) is 0 Å². The Bertz CT molecular complexity index is 1340. The van der Waals surface area contributed by atoms with Gasteiger partial charge in [-0.15, -0.1) is 0 Å². The highest BCUT2D eigenvalue weighted by Crippen LogP contribution is 2.32. The minimum absolute atomic E-state index is 0.257. The van der Waals surface area contributed by atoms with Crippen LogP contribution in [0, 0.1) is 6.92 Å². The summed E-state index contributed by atoms with van der Waals surface area (Å²) < 4.78 is 7.75. The first-order chi connectivity index (χ1) is 17.3. The number of benzene rings is 1. The smallest absolute Gasteiger partial charge is 0.167 e. The molecule has 5 rings (SSSR count). The van der Waals surface area contributed by atoms with Crippen LogP contribution < -0.4 is 5.73 Å². The van der Waals surface area contributed by atoms with Crippen LogP contribution in [0.5, 0.6) is 0 Å². The zero-order valence-corrected chi connectivity index (χ0v) is 20.9. The number of aliphatic hydroxyl groups excluding tert-OH is 2. The van der Waals surface area contributed by atoms with Crippen molar-refractivity contribution in [1.29, 1.82) is 0 Å². The Kier molecular flexibility index (Phi) is 6.89. The molecule has 3 aromatic heterocycles. The number of aromatic amines is 1. The van der Waals surface area contributed by atoms with E-state index in [4.69, 9.17) is 15.5 Å². The Morgan fingerprint density at radius 3 is 2.78 bits per heavy atom. The molecule has 1 aliphatic rings. The molecule has 36 heavy (non-hydrogen) atoms. The van der Waals surface area contributed by atoms with E-state index in [1.165, 1.54) is 18.2 Å². The van der Waals surface area contributed by atoms with Crippen LogP contribution in [-0.4, -0.2) is 82.0 Å². The second kappa shape index (κ2) is 10.1. The summed E-state index contributed by atoms with van der Waals surface area (Å²) in [6.45, 7) is 7.69. The lowest BCUT2D eigenvalue weighted by atomic mass is 10.1. The second-order valence-corrected chi connectivity index (χ2v) is 9.83. The average molecular weight is 495 g/mol. The first-order valence-electron chi connectivity index (χ1n) is 12.5. The number of aliphatic hydroxyl groups is 2. The van der Waals surface area contributed by atoms with Gasteiger partial charge in [0.1, 0.15) is 36.0 Å². The molecule has 1 aliphatic heterocycles. The molecule has 0 spiro atoms. The number of anilines is 1. The number of H-pyrrole nitrogens is 1. The molecule has 4 heterocycles. The summed E-state index contributed by atoms with van der Waals surface area (Å²) in [6, 6.07) is 6.41. The number of unbranched alkanes of at least 4 members (excludes halogenated alkanes) is 1. The van der Waals surface area contributed by atoms with Crippen molar-refractivity contribution in [1.82, 2.24) is 34.4 Å². The van der Waals surface area contributed by atoms with Crippen molar-refractivity contribution in [3.63, 3.8) is 0 Å². The predicted molar refractivity (Wildman–Crippen MR) is 136 cm³/mol. The lowest BCUT2D eigenvalue weighted by Crippen LogP contribution is -2.43. The maximum absolute atomic E-state index is 10.8. The van der Waals surface area contributed by atoms with Crippen molar-refractivity contribution in [3.05, 3.63) is 42.2 Å². The third-order valence-electron chi connectivity index (χ3n) is 7.03. The first kappa shape index (κ1) is 24.6. The van der Waals surface area contributed by atoms with E-state index in [1.54, 1.807) is 4.57 Å². The van der Waals surface area contributed by atoms with Gasteiger partial charge in [-0.05, 0) is 51.8 Å². The van der Waals surface area contributed by atoms with Crippen LogP contribution >= 0.6 is 0 Å². The Hall–Kier alpha value is -3.12. The number of hydrogen-bond acceptors (Lipinski definition) is 9. The lowest BCUT2D eigenvalue weighted by Gasteiger charge is -2.30. The molecule has 5 N–H and O–H groups in total. The van der Waals surface area contributed by atoms with E-state index in [1.807, 2.05) is 12.1 Å². The van der Waals surface area contributed by atoms with Crippen LogP contribution in [-0.2, 0) is 11.2 Å². The van der Waals surface area contributed by atoms with Gasteiger partial charge in [0, 0.05) is 19.0 Å². The minimum Gasteiger partial charge on any atom is -0.387 e. The Labute approximate surface area is 209 Å². The third kappa shape index (κ3) is 4.66. The number of para-hydroxylation sites is 1. The SMILES string of the molecule is Cc1cccc2nc(CCCCN(C[C@H]3O[C@@H](n4cnc5c(N)ncnc54)[C@H](O)[C@@H]3O)C(C)C)[nH]c12. The minimum atomic E-state index is -1.12. The Balaban J connectivity index is 1.19. The highest BCUT2D eigenvalue weighted by atomic mass is 16.6. The molecule has 4 aromatic rings. The summed E-state index contributed by atoms with van der Waals surface area (Å²) in [5, 5.41) is 21.6. The molecule has 0 radical (unpaired) electrons. The van der Waals surface area contributed by atoms with Crippen LogP contribution in [0.2, 0.25) is 0 Å². The van der Waals surface area contributed by atoms with Crippen molar-refractivity contribution >= 4 is 28.0 Å². The summed E-state index contributed by atoms with van der Waals surface area (Å²) in [5.74, 6) is 1.26. The monoisotopic (exact) mass is 494 g/mol. The van der Waals surface area contributed by atoms with Crippen molar-refractivity contribution in [2.75, 3.05) is 18.8 Å². The molecule has 1 aromatic carbocycles. The molecule has 0 amide bonds. The molecule has 0 unspecified atom stereocenters. The first-order valence-corrected chi connectivity index (χ1v) is 12.5. The molecule has 0 saturated carbocycles. The molecule has 1 fully saturated rings. The fourth-order valence-corrected chi connectivity index (χ4v) is 4.91. The van der Waals surface area contributed by atoms with E-state index in [9.17, 15) is 10.2 Å². The number of ether oxygens (including phenoxy) is 1. The van der Waals surface area contributed by atoms with Crippen LogP contribution in [0.3, 0.4) is 0 Å². The maximum atomic E-state index is 10.8. The molecule has 4 atom stereocenters. The number of imidazole rings is 2. The quantitative estimate of drug-likeness (QED) is 0.256. The number of rotatable bonds is 9. The Morgan fingerprint density at radius 2 is 2.00 bits per heavy atom. The number of aromatic nitrogens is 6. The molecule has 0 bridgehead atoms. The van der Waals surface area contributed by atoms with Gasteiger partial charge >= 0.3 is 0 Å². The molecule has 192 valence electrons. The van der Waals surface area contributed by atoms with Gasteiger partial charge in [-0.25, -0.2) is 19.9 Å². The second-order valence-electron chi connectivity index (χ2n) is 9.83. The van der Waals surface area contributed by atoms with Crippen molar-refractivity contribution < 1.29 is 14.9 Å². The largest absolute Gasteiger partial charge is 0.387 e. The number of aryl methyl sites for hydroxylation is 2. The van der Waals surface area contributed by atoms with Gasteiger partial charge in [-0.2, -0.15) is 0 Å². The van der Waals surface area contributed by atoms with Gasteiger partial charge < -0.3 is 25.7 Å². The summed E-state index contributed by atoms with van der Waals surface area (Å²) in [4.78, 5) is 22.9. The molecule has 11 nitrogen and oxygen atoms in total. The number of nitrogens with one attached hydrogen (secondary N) is 1. The number of nitrogens with two attached hydrogens (primary N) is 1. The fraction of sp³-hybridized carbons (Fsp3) is 0.520. The number of nitrogens with zero attached hydrogens (tertiary/aromatic N) is 6. The van der Waals surface area contributed by atoms with Crippen LogP contribution in [0.15, 0.2) is 30.9 Å². The molecular formula is C25H34N8O3. The fourth-order valence-electron chi connectivity index (χ4n) is 4.91. The molecule has 11 heteroatoms. The van der Waals surface area contributed by atoms with Crippen LogP contribution in [0.1, 0.15) is 44.3 Å². The number of fused-ring (bicyclic) bond motifs is 2. The lowest BCUT2D eigenvalue weighted by molar-refractivity contribution is -0.0469. The van der Waals surface area contributed by atoms with E-state index in [-0.39, 0.29) is 11.9 Å². The van der Waals surface area contributed by atoms with Gasteiger partial charge in [0.05, 0.1) is 17.4 Å². The highest BCUT2D eigenvalue weighted by molar-refractivity contribution is 5.81. The molecule has 0 aliphatic carbocycles. The van der Waals surface area contributed by atoms with Crippen LogP contribution in [0.4, 0.5) is 5.82 Å². The average Bonchev–Trinajstić information content (AvgIpc) is 3.54. The maximum Gasteiger partial charge on any atom is 0.167 e.